The van der Waals surface area contributed by atoms with Crippen molar-refractivity contribution in [2.45, 2.75) is 0 Å². The van der Waals surface area contributed by atoms with Crippen molar-refractivity contribution in [1.82, 2.24) is 0 Å². The summed E-state index contributed by atoms with van der Waals surface area (Å²) in [6.07, 6.45) is 1.20. The Morgan fingerprint density at radius 2 is 2.25 bits per heavy atom. The van der Waals surface area contributed by atoms with E-state index in [1.165, 1.54) is 18.4 Å². The van der Waals surface area contributed by atoms with Gasteiger partial charge in [-0.2, -0.15) is 0 Å². The van der Waals surface area contributed by atoms with E-state index in [1.807, 2.05) is 0 Å². The molecule has 2 nitrogen and oxygen atoms in total. The molecule has 0 aliphatic carbocycles. The van der Waals surface area contributed by atoms with Crippen molar-refractivity contribution < 1.29 is 4.42 Å². The van der Waals surface area contributed by atoms with E-state index >= 15 is 0 Å². The van der Waals surface area contributed by atoms with Gasteiger partial charge in [0.15, 0.2) is 0 Å². The van der Waals surface area contributed by atoms with Crippen LogP contribution in [0, 0.1) is 0 Å². The molecule has 0 fully saturated rings. The van der Waals surface area contributed by atoms with Gasteiger partial charge in [-0.1, -0.05) is 11.6 Å². The van der Waals surface area contributed by atoms with Crippen LogP contribution in [0.25, 0.3) is 0 Å². The fourth-order valence-corrected chi connectivity index (χ4v) is 0.448. The SMILES string of the molecule is O=c1ccc(Cl)co1. The van der Waals surface area contributed by atoms with Crippen LogP contribution in [0.15, 0.2) is 27.6 Å². The number of halogens is 1. The second-order valence-corrected chi connectivity index (χ2v) is 1.71. The summed E-state index contributed by atoms with van der Waals surface area (Å²) in [5.74, 6) is 0. The highest BCUT2D eigenvalue weighted by molar-refractivity contribution is 6.30. The molecule has 0 spiro atoms. The molecule has 0 amide bonds. The summed E-state index contributed by atoms with van der Waals surface area (Å²) in [5, 5.41) is 0.435. The van der Waals surface area contributed by atoms with Crippen molar-refractivity contribution in [1.29, 1.82) is 0 Å². The fourth-order valence-electron chi connectivity index (χ4n) is 0.341. The van der Waals surface area contributed by atoms with Crippen molar-refractivity contribution >= 4 is 11.6 Å². The molecule has 0 aliphatic heterocycles. The quantitative estimate of drug-likeness (QED) is 0.530. The van der Waals surface area contributed by atoms with Gasteiger partial charge in [-0.05, 0) is 6.07 Å². The zero-order valence-corrected chi connectivity index (χ0v) is 4.68. The van der Waals surface area contributed by atoms with Crippen LogP contribution in [-0.2, 0) is 0 Å². The monoisotopic (exact) mass is 130 g/mol. The first-order chi connectivity index (χ1) is 3.79. The second kappa shape index (κ2) is 2.01. The summed E-state index contributed by atoms with van der Waals surface area (Å²) in [6.45, 7) is 0. The Morgan fingerprint density at radius 1 is 1.50 bits per heavy atom. The van der Waals surface area contributed by atoms with Crippen molar-refractivity contribution in [2.75, 3.05) is 0 Å². The van der Waals surface area contributed by atoms with Crippen molar-refractivity contribution in [2.24, 2.45) is 0 Å². The van der Waals surface area contributed by atoms with Crippen LogP contribution in [0.2, 0.25) is 5.02 Å². The highest BCUT2D eigenvalue weighted by Gasteiger charge is 1.83. The Labute approximate surface area is 50.7 Å². The van der Waals surface area contributed by atoms with E-state index in [0.717, 1.165) is 0 Å². The van der Waals surface area contributed by atoms with Gasteiger partial charge < -0.3 is 4.42 Å². The molecule has 0 unspecified atom stereocenters. The topological polar surface area (TPSA) is 30.2 Å². The van der Waals surface area contributed by atoms with Crippen LogP contribution >= 0.6 is 11.6 Å². The van der Waals surface area contributed by atoms with Gasteiger partial charge in [0.2, 0.25) is 0 Å². The number of hydrogen-bond acceptors (Lipinski definition) is 2. The Kier molecular flexibility index (Phi) is 1.35. The summed E-state index contributed by atoms with van der Waals surface area (Å²) < 4.78 is 4.37. The van der Waals surface area contributed by atoms with Crippen molar-refractivity contribution in [3.8, 4) is 0 Å². The first-order valence-corrected chi connectivity index (χ1v) is 2.41. The maximum atomic E-state index is 10.2. The van der Waals surface area contributed by atoms with Crippen LogP contribution in [0.4, 0.5) is 0 Å². The maximum absolute atomic E-state index is 10.2. The fraction of sp³-hybridized carbons (Fsp3) is 0. The number of hydrogen-bond donors (Lipinski definition) is 0. The summed E-state index contributed by atoms with van der Waals surface area (Å²) in [6, 6.07) is 2.75. The van der Waals surface area contributed by atoms with Gasteiger partial charge in [0.05, 0.1) is 5.02 Å². The largest absolute Gasteiger partial charge is 0.430 e. The zero-order valence-electron chi connectivity index (χ0n) is 3.93. The molecule has 0 saturated carbocycles. The zero-order chi connectivity index (χ0) is 5.98. The van der Waals surface area contributed by atoms with Gasteiger partial charge in [0.1, 0.15) is 6.26 Å². The van der Waals surface area contributed by atoms with E-state index in [0.29, 0.717) is 5.02 Å². The summed E-state index contributed by atoms with van der Waals surface area (Å²) >= 11 is 5.38. The Balaban J connectivity index is 3.22. The third-order valence-corrected chi connectivity index (χ3v) is 0.881. The van der Waals surface area contributed by atoms with E-state index in [9.17, 15) is 4.79 Å². The van der Waals surface area contributed by atoms with Crippen LogP contribution in [0.1, 0.15) is 0 Å². The molecule has 1 heterocycles. The molecule has 8 heavy (non-hydrogen) atoms. The molecule has 42 valence electrons. The van der Waals surface area contributed by atoms with Gasteiger partial charge in [-0.25, -0.2) is 4.79 Å². The first kappa shape index (κ1) is 5.38. The Morgan fingerprint density at radius 3 is 2.62 bits per heavy atom. The maximum Gasteiger partial charge on any atom is 0.335 e. The number of rotatable bonds is 0. The van der Waals surface area contributed by atoms with Gasteiger partial charge in [0, 0.05) is 6.07 Å². The van der Waals surface area contributed by atoms with E-state index in [-0.39, 0.29) is 5.63 Å². The normalized spacial score (nSPS) is 9.12. The molecule has 0 N–H and O–H groups in total. The summed E-state index contributed by atoms with van der Waals surface area (Å²) in [4.78, 5) is 10.2. The van der Waals surface area contributed by atoms with Gasteiger partial charge >= 0.3 is 5.63 Å². The van der Waals surface area contributed by atoms with E-state index in [2.05, 4.69) is 4.42 Å². The predicted octanol–water partition coefficient (Wildman–Crippen LogP) is 1.29. The van der Waals surface area contributed by atoms with E-state index in [1.54, 1.807) is 0 Å². The third-order valence-electron chi connectivity index (χ3n) is 0.666. The molecule has 1 aromatic heterocycles. The highest BCUT2D eigenvalue weighted by Crippen LogP contribution is 2.01. The lowest BCUT2D eigenvalue weighted by Crippen LogP contribution is -1.91. The predicted molar refractivity (Wildman–Crippen MR) is 30.0 cm³/mol. The molecular formula is C5H3ClO2. The average molecular weight is 131 g/mol. The van der Waals surface area contributed by atoms with Crippen LogP contribution in [-0.4, -0.2) is 0 Å². The molecule has 0 saturated heterocycles. The molecule has 1 aromatic rings. The Bertz CT molecular complexity index is 208. The lowest BCUT2D eigenvalue weighted by Gasteiger charge is -1.80. The third kappa shape index (κ3) is 1.10. The van der Waals surface area contributed by atoms with E-state index in [4.69, 9.17) is 11.6 Å². The van der Waals surface area contributed by atoms with Crippen LogP contribution in [0.3, 0.4) is 0 Å². The second-order valence-electron chi connectivity index (χ2n) is 1.27. The molecule has 0 radical (unpaired) electrons. The van der Waals surface area contributed by atoms with Crippen molar-refractivity contribution in [3.05, 3.63) is 33.8 Å². The molecular weight excluding hydrogens is 128 g/mol. The van der Waals surface area contributed by atoms with E-state index < -0.39 is 0 Å². The van der Waals surface area contributed by atoms with Gasteiger partial charge in [0.25, 0.3) is 0 Å². The molecule has 0 aliphatic rings. The average Bonchev–Trinajstić information content (AvgIpc) is 1.77. The lowest BCUT2D eigenvalue weighted by atomic mass is 10.5. The molecule has 1 rings (SSSR count). The molecule has 0 bridgehead atoms. The summed E-state index contributed by atoms with van der Waals surface area (Å²) in [7, 11) is 0. The molecule has 0 aromatic carbocycles. The lowest BCUT2D eigenvalue weighted by molar-refractivity contribution is 0.511. The first-order valence-electron chi connectivity index (χ1n) is 2.03. The minimum atomic E-state index is -0.380. The smallest absolute Gasteiger partial charge is 0.335 e. The van der Waals surface area contributed by atoms with Crippen LogP contribution in [0.5, 0.6) is 0 Å². The van der Waals surface area contributed by atoms with Crippen LogP contribution < -0.4 is 5.63 Å². The van der Waals surface area contributed by atoms with Crippen molar-refractivity contribution in [3.63, 3.8) is 0 Å². The Hall–Kier alpha value is -0.760. The van der Waals surface area contributed by atoms with Gasteiger partial charge in [-0.15, -0.1) is 0 Å². The molecule has 0 atom stereocenters. The van der Waals surface area contributed by atoms with Gasteiger partial charge in [-0.3, -0.25) is 0 Å². The molecule has 3 heteroatoms. The highest BCUT2D eigenvalue weighted by atomic mass is 35.5. The minimum absolute atomic E-state index is 0.380. The minimum Gasteiger partial charge on any atom is -0.430 e. The standard InChI is InChI=1S/C5H3ClO2/c6-4-1-2-5(7)8-3-4/h1-3H. The summed E-state index contributed by atoms with van der Waals surface area (Å²) in [5.41, 5.74) is -0.380.